The number of amides is 1. The molecule has 1 amide bonds. The van der Waals surface area contributed by atoms with Gasteiger partial charge in [0.1, 0.15) is 0 Å². The van der Waals surface area contributed by atoms with Crippen LogP contribution in [0.2, 0.25) is 0 Å². The predicted molar refractivity (Wildman–Crippen MR) is 98.8 cm³/mol. The molecule has 0 aliphatic heterocycles. The van der Waals surface area contributed by atoms with Crippen LogP contribution in [0.15, 0.2) is 59.5 Å². The summed E-state index contributed by atoms with van der Waals surface area (Å²) in [6, 6.07) is 16.7. The molecule has 0 aliphatic carbocycles. The van der Waals surface area contributed by atoms with E-state index >= 15 is 0 Å². The first-order valence-corrected chi connectivity index (χ1v) is 9.89. The SMILES string of the molecule is CCc1ccc(S(=O)(=O)NCC(=O)NCCCc2ccccc2)cc1. The standard InChI is InChI=1S/C19H24N2O3S/c1-2-16-10-12-18(13-11-16)25(23,24)21-15-19(22)20-14-6-9-17-7-4-3-5-8-17/h3-5,7-8,10-13,21H,2,6,9,14-15H2,1H3,(H,20,22). The van der Waals surface area contributed by atoms with Crippen molar-refractivity contribution in [2.24, 2.45) is 0 Å². The second-order valence-corrected chi connectivity index (χ2v) is 7.53. The van der Waals surface area contributed by atoms with Gasteiger partial charge in [0.2, 0.25) is 15.9 Å². The largest absolute Gasteiger partial charge is 0.355 e. The van der Waals surface area contributed by atoms with Crippen LogP contribution < -0.4 is 10.0 Å². The van der Waals surface area contributed by atoms with Crippen molar-refractivity contribution < 1.29 is 13.2 Å². The van der Waals surface area contributed by atoms with Crippen LogP contribution >= 0.6 is 0 Å². The Balaban J connectivity index is 1.73. The van der Waals surface area contributed by atoms with Crippen molar-refractivity contribution in [2.45, 2.75) is 31.1 Å². The van der Waals surface area contributed by atoms with Crippen molar-refractivity contribution in [3.05, 3.63) is 65.7 Å². The molecule has 0 heterocycles. The summed E-state index contributed by atoms with van der Waals surface area (Å²) >= 11 is 0. The third kappa shape index (κ3) is 6.32. The lowest BCUT2D eigenvalue weighted by atomic mass is 10.1. The van der Waals surface area contributed by atoms with Crippen molar-refractivity contribution in [1.82, 2.24) is 10.0 Å². The average molecular weight is 360 g/mol. The van der Waals surface area contributed by atoms with E-state index in [2.05, 4.69) is 10.0 Å². The van der Waals surface area contributed by atoms with Crippen molar-refractivity contribution in [3.63, 3.8) is 0 Å². The van der Waals surface area contributed by atoms with Crippen LogP contribution in [-0.4, -0.2) is 27.4 Å². The lowest BCUT2D eigenvalue weighted by Gasteiger charge is -2.08. The number of aryl methyl sites for hydroxylation is 2. The summed E-state index contributed by atoms with van der Waals surface area (Å²) in [7, 11) is -3.66. The van der Waals surface area contributed by atoms with Gasteiger partial charge in [0.25, 0.3) is 0 Å². The summed E-state index contributed by atoms with van der Waals surface area (Å²) in [6.07, 6.45) is 2.52. The van der Waals surface area contributed by atoms with E-state index < -0.39 is 10.0 Å². The molecule has 0 bridgehead atoms. The molecule has 0 radical (unpaired) electrons. The van der Waals surface area contributed by atoms with E-state index in [-0.39, 0.29) is 17.3 Å². The molecule has 0 aromatic heterocycles. The van der Waals surface area contributed by atoms with Gasteiger partial charge >= 0.3 is 0 Å². The van der Waals surface area contributed by atoms with Crippen molar-refractivity contribution >= 4 is 15.9 Å². The van der Waals surface area contributed by atoms with Crippen molar-refractivity contribution in [3.8, 4) is 0 Å². The summed E-state index contributed by atoms with van der Waals surface area (Å²) < 4.78 is 26.7. The summed E-state index contributed by atoms with van der Waals surface area (Å²) in [5.41, 5.74) is 2.28. The molecule has 0 unspecified atom stereocenters. The summed E-state index contributed by atoms with van der Waals surface area (Å²) in [5, 5.41) is 2.73. The Morgan fingerprint density at radius 1 is 0.960 bits per heavy atom. The van der Waals surface area contributed by atoms with E-state index in [4.69, 9.17) is 0 Å². The molecule has 2 N–H and O–H groups in total. The lowest BCUT2D eigenvalue weighted by molar-refractivity contribution is -0.119. The van der Waals surface area contributed by atoms with Gasteiger partial charge in [0, 0.05) is 6.54 Å². The van der Waals surface area contributed by atoms with Gasteiger partial charge in [0.15, 0.2) is 0 Å². The van der Waals surface area contributed by atoms with Gasteiger partial charge in [-0.05, 0) is 42.5 Å². The molecular weight excluding hydrogens is 336 g/mol. The Labute approximate surface area is 149 Å². The van der Waals surface area contributed by atoms with Crippen LogP contribution in [0, 0.1) is 0 Å². The Kier molecular flexibility index (Phi) is 7.16. The fourth-order valence-corrected chi connectivity index (χ4v) is 3.36. The van der Waals surface area contributed by atoms with Crippen LogP contribution in [-0.2, 0) is 27.7 Å². The molecule has 6 heteroatoms. The molecule has 2 aromatic rings. The predicted octanol–water partition coefficient (Wildman–Crippen LogP) is 2.28. The Bertz CT molecular complexity index is 772. The number of rotatable bonds is 9. The fourth-order valence-electron chi connectivity index (χ4n) is 2.38. The normalized spacial score (nSPS) is 11.2. The molecule has 134 valence electrons. The second kappa shape index (κ2) is 9.34. The van der Waals surface area contributed by atoms with E-state index in [1.165, 1.54) is 5.56 Å². The maximum absolute atomic E-state index is 12.2. The maximum Gasteiger partial charge on any atom is 0.241 e. The molecule has 0 atom stereocenters. The molecule has 2 aromatic carbocycles. The van der Waals surface area contributed by atoms with Gasteiger partial charge in [-0.3, -0.25) is 4.79 Å². The third-order valence-electron chi connectivity index (χ3n) is 3.87. The Morgan fingerprint density at radius 2 is 1.64 bits per heavy atom. The van der Waals surface area contributed by atoms with Gasteiger partial charge < -0.3 is 5.32 Å². The summed E-state index contributed by atoms with van der Waals surface area (Å²) in [4.78, 5) is 12.0. The number of hydrogen-bond acceptors (Lipinski definition) is 3. The number of carbonyl (C=O) groups is 1. The first kappa shape index (κ1) is 19.1. The van der Waals surface area contributed by atoms with Crippen LogP contribution in [0.1, 0.15) is 24.5 Å². The summed E-state index contributed by atoms with van der Waals surface area (Å²) in [5.74, 6) is -0.332. The first-order valence-electron chi connectivity index (χ1n) is 8.40. The highest BCUT2D eigenvalue weighted by atomic mass is 32.2. The molecule has 0 saturated carbocycles. The topological polar surface area (TPSA) is 75.3 Å². The number of nitrogens with one attached hydrogen (secondary N) is 2. The minimum absolute atomic E-state index is 0.168. The minimum Gasteiger partial charge on any atom is -0.355 e. The van der Waals surface area contributed by atoms with Crippen molar-refractivity contribution in [1.29, 1.82) is 0 Å². The van der Waals surface area contributed by atoms with Gasteiger partial charge in [-0.25, -0.2) is 13.1 Å². The zero-order chi connectivity index (χ0) is 18.1. The highest BCUT2D eigenvalue weighted by Crippen LogP contribution is 2.10. The van der Waals surface area contributed by atoms with E-state index in [1.54, 1.807) is 24.3 Å². The molecule has 2 rings (SSSR count). The zero-order valence-corrected chi connectivity index (χ0v) is 15.2. The monoisotopic (exact) mass is 360 g/mol. The van der Waals surface area contributed by atoms with Crippen molar-refractivity contribution in [2.75, 3.05) is 13.1 Å². The van der Waals surface area contributed by atoms with E-state index in [0.29, 0.717) is 6.54 Å². The highest BCUT2D eigenvalue weighted by molar-refractivity contribution is 7.89. The van der Waals surface area contributed by atoms with Gasteiger partial charge in [-0.1, -0.05) is 49.4 Å². The Hall–Kier alpha value is -2.18. The van der Waals surface area contributed by atoms with Crippen LogP contribution in [0.3, 0.4) is 0 Å². The molecule has 0 spiro atoms. The first-order chi connectivity index (χ1) is 12.0. The molecular formula is C19H24N2O3S. The second-order valence-electron chi connectivity index (χ2n) is 5.76. The quantitative estimate of drug-likeness (QED) is 0.674. The van der Waals surface area contributed by atoms with Crippen LogP contribution in [0.5, 0.6) is 0 Å². The average Bonchev–Trinajstić information content (AvgIpc) is 2.64. The maximum atomic E-state index is 12.2. The zero-order valence-electron chi connectivity index (χ0n) is 14.4. The van der Waals surface area contributed by atoms with E-state index in [1.807, 2.05) is 37.3 Å². The molecule has 0 fully saturated rings. The minimum atomic E-state index is -3.66. The number of benzene rings is 2. The van der Waals surface area contributed by atoms with Gasteiger partial charge in [-0.15, -0.1) is 0 Å². The van der Waals surface area contributed by atoms with Crippen LogP contribution in [0.4, 0.5) is 0 Å². The van der Waals surface area contributed by atoms with Crippen LogP contribution in [0.25, 0.3) is 0 Å². The Morgan fingerprint density at radius 3 is 2.28 bits per heavy atom. The number of carbonyl (C=O) groups excluding carboxylic acids is 1. The number of hydrogen-bond donors (Lipinski definition) is 2. The highest BCUT2D eigenvalue weighted by Gasteiger charge is 2.15. The molecule has 25 heavy (non-hydrogen) atoms. The third-order valence-corrected chi connectivity index (χ3v) is 5.29. The lowest BCUT2D eigenvalue weighted by Crippen LogP contribution is -2.37. The molecule has 0 aliphatic rings. The molecule has 0 saturated heterocycles. The number of sulfonamides is 1. The van der Waals surface area contributed by atoms with E-state index in [9.17, 15) is 13.2 Å². The van der Waals surface area contributed by atoms with Gasteiger partial charge in [-0.2, -0.15) is 0 Å². The molecule has 5 nitrogen and oxygen atoms in total. The smallest absolute Gasteiger partial charge is 0.241 e. The van der Waals surface area contributed by atoms with E-state index in [0.717, 1.165) is 24.8 Å². The van der Waals surface area contributed by atoms with Gasteiger partial charge in [0.05, 0.1) is 11.4 Å². The fraction of sp³-hybridized carbons (Fsp3) is 0.316. The summed E-state index contributed by atoms with van der Waals surface area (Å²) in [6.45, 7) is 2.26.